The maximum atomic E-state index is 5.02. The first kappa shape index (κ1) is 11.3. The van der Waals surface area contributed by atoms with Crippen molar-refractivity contribution in [3.63, 3.8) is 0 Å². The van der Waals surface area contributed by atoms with E-state index in [4.69, 9.17) is 9.47 Å². The normalized spacial score (nSPS) is 13.4. The number of methoxy groups -OCH3 is 2. The Morgan fingerprint density at radius 2 is 2.00 bits per heavy atom. The fourth-order valence-electron chi connectivity index (χ4n) is 0.759. The Morgan fingerprint density at radius 1 is 1.27 bits per heavy atom. The minimum atomic E-state index is 0.654. The van der Waals surface area contributed by atoms with Gasteiger partial charge in [0.2, 0.25) is 0 Å². The third-order valence-electron chi connectivity index (χ3n) is 1.29. The molecule has 0 bridgehead atoms. The van der Waals surface area contributed by atoms with Crippen molar-refractivity contribution in [3.05, 3.63) is 0 Å². The third kappa shape index (κ3) is 8.17. The predicted octanol–water partition coefficient (Wildman–Crippen LogP) is 1.65. The average Bonchev–Trinajstić information content (AvgIpc) is 1.99. The summed E-state index contributed by atoms with van der Waals surface area (Å²) < 4.78 is 9.95. The number of hydrogen-bond donors (Lipinski definition) is 0. The highest BCUT2D eigenvalue weighted by molar-refractivity contribution is 7.99. The molecule has 2 nitrogen and oxygen atoms in total. The minimum absolute atomic E-state index is 0.654. The van der Waals surface area contributed by atoms with Crippen LogP contribution < -0.4 is 0 Å². The first-order chi connectivity index (χ1) is 5.31. The van der Waals surface area contributed by atoms with Crippen LogP contribution in [0.25, 0.3) is 0 Å². The van der Waals surface area contributed by atoms with Crippen molar-refractivity contribution < 1.29 is 9.47 Å². The maximum absolute atomic E-state index is 5.02. The second-order valence-corrected chi connectivity index (χ2v) is 3.78. The first-order valence-corrected chi connectivity index (χ1v) is 5.02. The van der Waals surface area contributed by atoms with Crippen molar-refractivity contribution in [2.75, 3.05) is 38.9 Å². The second kappa shape index (κ2) is 8.37. The molecule has 0 aromatic rings. The highest BCUT2D eigenvalue weighted by Gasteiger charge is 1.99. The summed E-state index contributed by atoms with van der Waals surface area (Å²) in [5.74, 6) is 2.91. The molecule has 0 N–H and O–H groups in total. The van der Waals surface area contributed by atoms with Gasteiger partial charge in [-0.25, -0.2) is 0 Å². The summed E-state index contributed by atoms with van der Waals surface area (Å²) >= 11 is 1.92. The van der Waals surface area contributed by atoms with Crippen LogP contribution >= 0.6 is 11.8 Å². The van der Waals surface area contributed by atoms with Crippen LogP contribution in [0.2, 0.25) is 0 Å². The monoisotopic (exact) mass is 178 g/mol. The number of rotatable bonds is 7. The van der Waals surface area contributed by atoms with E-state index in [0.717, 1.165) is 24.7 Å². The van der Waals surface area contributed by atoms with Gasteiger partial charge in [-0.2, -0.15) is 11.8 Å². The quantitative estimate of drug-likeness (QED) is 0.552. The van der Waals surface area contributed by atoms with Crippen molar-refractivity contribution >= 4 is 11.8 Å². The Labute approximate surface area is 73.6 Å². The Balaban J connectivity index is 2.97. The van der Waals surface area contributed by atoms with Crippen LogP contribution in [0.15, 0.2) is 0 Å². The lowest BCUT2D eigenvalue weighted by Gasteiger charge is -2.08. The Hall–Kier alpha value is 0.270. The lowest BCUT2D eigenvalue weighted by Crippen LogP contribution is -2.07. The van der Waals surface area contributed by atoms with Crippen LogP contribution in [0, 0.1) is 5.92 Å². The molecule has 1 atom stereocenters. The molecule has 0 fully saturated rings. The summed E-state index contributed by atoms with van der Waals surface area (Å²) in [5, 5.41) is 0. The summed E-state index contributed by atoms with van der Waals surface area (Å²) in [6.45, 7) is 3.91. The van der Waals surface area contributed by atoms with Crippen LogP contribution in [0.4, 0.5) is 0 Å². The molecule has 68 valence electrons. The van der Waals surface area contributed by atoms with Gasteiger partial charge in [-0.3, -0.25) is 0 Å². The van der Waals surface area contributed by atoms with Crippen molar-refractivity contribution in [1.82, 2.24) is 0 Å². The molecular formula is C8H18O2S. The molecule has 11 heavy (non-hydrogen) atoms. The molecule has 0 saturated carbocycles. The molecule has 0 saturated heterocycles. The van der Waals surface area contributed by atoms with E-state index in [1.165, 1.54) is 0 Å². The van der Waals surface area contributed by atoms with Gasteiger partial charge in [0.25, 0.3) is 0 Å². The van der Waals surface area contributed by atoms with Gasteiger partial charge in [0.05, 0.1) is 6.61 Å². The SMILES string of the molecule is COCCSCC(C)COC. The van der Waals surface area contributed by atoms with Crippen molar-refractivity contribution in [3.8, 4) is 0 Å². The summed E-state index contributed by atoms with van der Waals surface area (Å²) in [5.41, 5.74) is 0. The predicted molar refractivity (Wildman–Crippen MR) is 50.2 cm³/mol. The zero-order valence-corrected chi connectivity index (χ0v) is 8.45. The van der Waals surface area contributed by atoms with Gasteiger partial charge in [0.15, 0.2) is 0 Å². The zero-order chi connectivity index (χ0) is 8.53. The van der Waals surface area contributed by atoms with Gasteiger partial charge >= 0.3 is 0 Å². The molecule has 0 aromatic carbocycles. The van der Waals surface area contributed by atoms with Crippen molar-refractivity contribution in [2.24, 2.45) is 5.92 Å². The van der Waals surface area contributed by atoms with Gasteiger partial charge < -0.3 is 9.47 Å². The van der Waals surface area contributed by atoms with E-state index in [2.05, 4.69) is 6.92 Å². The lowest BCUT2D eigenvalue weighted by molar-refractivity contribution is 0.168. The Kier molecular flexibility index (Phi) is 8.57. The third-order valence-corrected chi connectivity index (χ3v) is 2.55. The van der Waals surface area contributed by atoms with Crippen molar-refractivity contribution in [2.45, 2.75) is 6.92 Å². The summed E-state index contributed by atoms with van der Waals surface area (Å²) in [6.07, 6.45) is 0. The molecule has 3 heteroatoms. The molecule has 0 aliphatic heterocycles. The van der Waals surface area contributed by atoms with E-state index in [-0.39, 0.29) is 0 Å². The highest BCUT2D eigenvalue weighted by Crippen LogP contribution is 2.07. The zero-order valence-electron chi connectivity index (χ0n) is 7.63. The van der Waals surface area contributed by atoms with Crippen LogP contribution in [0.5, 0.6) is 0 Å². The second-order valence-electron chi connectivity index (χ2n) is 2.63. The Bertz CT molecular complexity index is 78.5. The molecule has 0 rings (SSSR count). The van der Waals surface area contributed by atoms with Crippen LogP contribution in [0.1, 0.15) is 6.92 Å². The van der Waals surface area contributed by atoms with Crippen LogP contribution in [0.3, 0.4) is 0 Å². The molecule has 0 aliphatic carbocycles. The summed E-state index contributed by atoms with van der Waals surface area (Å²) in [6, 6.07) is 0. The van der Waals surface area contributed by atoms with Crippen LogP contribution in [-0.2, 0) is 9.47 Å². The standard InChI is InChI=1S/C8H18O2S/c1-8(6-10-3)7-11-5-4-9-2/h8H,4-7H2,1-3H3. The van der Waals surface area contributed by atoms with E-state index in [1.807, 2.05) is 11.8 Å². The first-order valence-electron chi connectivity index (χ1n) is 3.87. The van der Waals surface area contributed by atoms with Gasteiger partial charge in [0.1, 0.15) is 0 Å². The molecule has 0 heterocycles. The topological polar surface area (TPSA) is 18.5 Å². The lowest BCUT2D eigenvalue weighted by atomic mass is 10.2. The highest BCUT2D eigenvalue weighted by atomic mass is 32.2. The molecule has 0 aromatic heterocycles. The van der Waals surface area contributed by atoms with E-state index in [9.17, 15) is 0 Å². The molecule has 0 aliphatic rings. The van der Waals surface area contributed by atoms with Gasteiger partial charge in [-0.05, 0) is 11.7 Å². The van der Waals surface area contributed by atoms with E-state index < -0.39 is 0 Å². The summed E-state index contributed by atoms with van der Waals surface area (Å²) in [4.78, 5) is 0. The average molecular weight is 178 g/mol. The van der Waals surface area contributed by atoms with Gasteiger partial charge in [0, 0.05) is 26.6 Å². The molecule has 0 spiro atoms. The number of hydrogen-bond acceptors (Lipinski definition) is 3. The van der Waals surface area contributed by atoms with Gasteiger partial charge in [-0.15, -0.1) is 0 Å². The minimum Gasteiger partial charge on any atom is -0.384 e. The number of ether oxygens (including phenoxy) is 2. The maximum Gasteiger partial charge on any atom is 0.0552 e. The fraction of sp³-hybridized carbons (Fsp3) is 1.00. The van der Waals surface area contributed by atoms with E-state index in [1.54, 1.807) is 14.2 Å². The van der Waals surface area contributed by atoms with Crippen LogP contribution in [-0.4, -0.2) is 38.9 Å². The smallest absolute Gasteiger partial charge is 0.0552 e. The fourth-order valence-corrected chi connectivity index (χ4v) is 1.71. The van der Waals surface area contributed by atoms with E-state index >= 15 is 0 Å². The molecule has 0 radical (unpaired) electrons. The Morgan fingerprint density at radius 3 is 2.55 bits per heavy atom. The number of thioether (sulfide) groups is 1. The largest absolute Gasteiger partial charge is 0.384 e. The van der Waals surface area contributed by atoms with Crippen molar-refractivity contribution in [1.29, 1.82) is 0 Å². The summed E-state index contributed by atoms with van der Waals surface area (Å²) in [7, 11) is 3.48. The van der Waals surface area contributed by atoms with Gasteiger partial charge in [-0.1, -0.05) is 6.92 Å². The molecule has 0 amide bonds. The molecule has 1 unspecified atom stereocenters. The van der Waals surface area contributed by atoms with E-state index in [0.29, 0.717) is 5.92 Å². The molecular weight excluding hydrogens is 160 g/mol.